The average Bonchev–Trinajstić information content (AvgIpc) is 3.13. The Morgan fingerprint density at radius 1 is 0.582 bits per heavy atom. The second-order valence-electron chi connectivity index (χ2n) is 15.0. The minimum atomic E-state index is -4.54. The number of likely N-dealkylation sites (N-methyl/N-ethyl adjacent to an activating group) is 1. The second-order valence-corrected chi connectivity index (χ2v) is 16.4. The van der Waals surface area contributed by atoms with Crippen LogP contribution >= 0.6 is 7.82 Å². The van der Waals surface area contributed by atoms with Crippen LogP contribution in [-0.4, -0.2) is 70.7 Å². The molecule has 0 spiro atoms. The third kappa shape index (κ3) is 42.7. The van der Waals surface area contributed by atoms with E-state index in [-0.39, 0.29) is 32.2 Å². The Morgan fingerprint density at radius 3 is 1.60 bits per heavy atom. The lowest BCUT2D eigenvalue weighted by Crippen LogP contribution is -2.37. The van der Waals surface area contributed by atoms with Crippen LogP contribution in [0.1, 0.15) is 142 Å². The van der Waals surface area contributed by atoms with Crippen LogP contribution in [0.15, 0.2) is 85.1 Å². The smallest absolute Gasteiger partial charge is 0.306 e. The molecule has 316 valence electrons. The van der Waals surface area contributed by atoms with Gasteiger partial charge in [-0.3, -0.25) is 9.36 Å². The van der Waals surface area contributed by atoms with E-state index in [4.69, 9.17) is 18.5 Å². The van der Waals surface area contributed by atoms with Crippen molar-refractivity contribution in [2.75, 3.05) is 54.1 Å². The van der Waals surface area contributed by atoms with E-state index in [2.05, 4.69) is 98.9 Å². The number of ether oxygens (including phenoxy) is 2. The molecule has 0 aromatic heterocycles. The number of hydrogen-bond donors (Lipinski definition) is 0. The van der Waals surface area contributed by atoms with E-state index in [1.807, 2.05) is 21.1 Å². The van der Waals surface area contributed by atoms with Crippen LogP contribution in [0.4, 0.5) is 0 Å². The van der Waals surface area contributed by atoms with Crippen molar-refractivity contribution in [2.45, 2.75) is 148 Å². The first-order valence-electron chi connectivity index (χ1n) is 21.3. The van der Waals surface area contributed by atoms with Gasteiger partial charge >= 0.3 is 5.97 Å². The lowest BCUT2D eigenvalue weighted by molar-refractivity contribution is -0.870. The molecular weight excluding hydrogens is 709 g/mol. The number of phosphoric ester groups is 1. The molecule has 0 saturated heterocycles. The lowest BCUT2D eigenvalue weighted by atomic mass is 10.1. The molecule has 0 heterocycles. The van der Waals surface area contributed by atoms with Crippen molar-refractivity contribution >= 4 is 13.8 Å². The largest absolute Gasteiger partial charge is 0.756 e. The summed E-state index contributed by atoms with van der Waals surface area (Å²) in [6, 6.07) is 0. The summed E-state index contributed by atoms with van der Waals surface area (Å²) >= 11 is 0. The van der Waals surface area contributed by atoms with Gasteiger partial charge < -0.3 is 27.9 Å². The van der Waals surface area contributed by atoms with Crippen LogP contribution < -0.4 is 4.89 Å². The third-order valence-corrected chi connectivity index (χ3v) is 9.39. The zero-order chi connectivity index (χ0) is 40.6. The normalized spacial score (nSPS) is 14.7. The van der Waals surface area contributed by atoms with Crippen LogP contribution in [0, 0.1) is 0 Å². The predicted octanol–water partition coefficient (Wildman–Crippen LogP) is 11.9. The highest BCUT2D eigenvalue weighted by Crippen LogP contribution is 2.38. The molecular formula is C46H80NO7P. The van der Waals surface area contributed by atoms with Gasteiger partial charge in [0.2, 0.25) is 0 Å². The maximum atomic E-state index is 12.7. The Balaban J connectivity index is 4.36. The van der Waals surface area contributed by atoms with E-state index in [0.29, 0.717) is 24.1 Å². The molecule has 0 rings (SSSR count). The monoisotopic (exact) mass is 790 g/mol. The van der Waals surface area contributed by atoms with Crippen molar-refractivity contribution in [3.8, 4) is 0 Å². The molecule has 0 aliphatic carbocycles. The van der Waals surface area contributed by atoms with E-state index in [1.54, 1.807) is 0 Å². The minimum Gasteiger partial charge on any atom is -0.756 e. The summed E-state index contributed by atoms with van der Waals surface area (Å²) in [5.74, 6) is -0.383. The van der Waals surface area contributed by atoms with Gasteiger partial charge in [0, 0.05) is 13.0 Å². The zero-order valence-electron chi connectivity index (χ0n) is 35.6. The van der Waals surface area contributed by atoms with Gasteiger partial charge in [0.25, 0.3) is 7.82 Å². The molecule has 0 radical (unpaired) electrons. The molecule has 0 amide bonds. The van der Waals surface area contributed by atoms with E-state index in [9.17, 15) is 14.3 Å². The summed E-state index contributed by atoms with van der Waals surface area (Å²) in [7, 11) is 1.31. The Hall–Kier alpha value is -2.32. The maximum Gasteiger partial charge on any atom is 0.306 e. The Labute approximate surface area is 337 Å². The number of carbonyl (C=O) groups excluding carboxylic acids is 1. The standard InChI is InChI=1S/C46H80NO7P/c1-6-8-10-12-14-16-18-20-21-22-23-24-25-26-27-28-29-31-33-35-37-39-46(48)54-45(44-53-55(49,50)52-42-40-47(3,4)5)43-51-41-38-36-34-32-30-19-17-15-13-11-9-7-2/h8,10,13-16,20-21,23-24,26-27,29,31,45H,6-7,9,11-12,17-19,22,25,28,30,32-44H2,1-5H3/b10-8-,15-13-,16-14-,21-20-,24-23-,27-26-,31-29-. The van der Waals surface area contributed by atoms with Gasteiger partial charge in [0.05, 0.1) is 34.4 Å². The van der Waals surface area contributed by atoms with Gasteiger partial charge in [-0.15, -0.1) is 0 Å². The van der Waals surface area contributed by atoms with Gasteiger partial charge in [-0.1, -0.05) is 137 Å². The highest BCUT2D eigenvalue weighted by Gasteiger charge is 2.20. The molecule has 2 atom stereocenters. The van der Waals surface area contributed by atoms with Crippen LogP contribution in [0.2, 0.25) is 0 Å². The fraction of sp³-hybridized carbons (Fsp3) is 0.674. The number of carbonyl (C=O) groups is 1. The average molecular weight is 790 g/mol. The number of rotatable bonds is 38. The van der Waals surface area contributed by atoms with Gasteiger partial charge in [0.1, 0.15) is 19.3 Å². The van der Waals surface area contributed by atoms with Gasteiger partial charge in [-0.25, -0.2) is 0 Å². The number of unbranched alkanes of at least 4 members (excludes halogenated alkanes) is 10. The molecule has 0 saturated carbocycles. The number of phosphoric acid groups is 1. The molecule has 55 heavy (non-hydrogen) atoms. The van der Waals surface area contributed by atoms with Crippen molar-refractivity contribution < 1.29 is 37.3 Å². The van der Waals surface area contributed by atoms with Crippen molar-refractivity contribution in [1.29, 1.82) is 0 Å². The summed E-state index contributed by atoms with van der Waals surface area (Å²) in [4.78, 5) is 25.0. The van der Waals surface area contributed by atoms with Crippen LogP contribution in [0.5, 0.6) is 0 Å². The van der Waals surface area contributed by atoms with E-state index in [0.717, 1.165) is 77.0 Å². The van der Waals surface area contributed by atoms with Crippen molar-refractivity contribution in [2.24, 2.45) is 0 Å². The van der Waals surface area contributed by atoms with Crippen molar-refractivity contribution in [3.05, 3.63) is 85.1 Å². The molecule has 0 aliphatic rings. The summed E-state index contributed by atoms with van der Waals surface area (Å²) in [6.07, 6.45) is 50.3. The summed E-state index contributed by atoms with van der Waals surface area (Å²) in [5.41, 5.74) is 0. The molecule has 0 aromatic carbocycles. The Bertz CT molecular complexity index is 1150. The van der Waals surface area contributed by atoms with E-state index < -0.39 is 13.9 Å². The Morgan fingerprint density at radius 2 is 1.05 bits per heavy atom. The number of esters is 1. The lowest BCUT2D eigenvalue weighted by Gasteiger charge is -2.28. The number of allylic oxidation sites excluding steroid dienone is 14. The quantitative estimate of drug-likeness (QED) is 0.0202. The fourth-order valence-corrected chi connectivity index (χ4v) is 5.84. The van der Waals surface area contributed by atoms with E-state index >= 15 is 0 Å². The molecule has 0 aromatic rings. The molecule has 8 nitrogen and oxygen atoms in total. The summed E-state index contributed by atoms with van der Waals surface area (Å²) in [6.45, 7) is 5.16. The zero-order valence-corrected chi connectivity index (χ0v) is 36.5. The summed E-state index contributed by atoms with van der Waals surface area (Å²) in [5, 5.41) is 0. The molecule has 0 bridgehead atoms. The highest BCUT2D eigenvalue weighted by molar-refractivity contribution is 7.45. The summed E-state index contributed by atoms with van der Waals surface area (Å²) < 4.78 is 34.5. The number of hydrogen-bond acceptors (Lipinski definition) is 7. The highest BCUT2D eigenvalue weighted by atomic mass is 31.2. The van der Waals surface area contributed by atoms with Crippen LogP contribution in [0.3, 0.4) is 0 Å². The Kier molecular flexibility index (Phi) is 36.9. The topological polar surface area (TPSA) is 94.1 Å². The first-order chi connectivity index (χ1) is 26.6. The molecule has 2 unspecified atom stereocenters. The first-order valence-corrected chi connectivity index (χ1v) is 22.8. The SMILES string of the molecule is CC/C=C\C/C=C\C/C=C\C/C=C\C/C=C\C/C=C\CCCCC(=O)OC(COCCCCCCCC/C=C\CCCC)COP(=O)([O-])OCC[N+](C)(C)C. The van der Waals surface area contributed by atoms with Crippen LogP contribution in [0.25, 0.3) is 0 Å². The molecule has 0 aliphatic heterocycles. The van der Waals surface area contributed by atoms with Crippen molar-refractivity contribution in [3.63, 3.8) is 0 Å². The van der Waals surface area contributed by atoms with Gasteiger partial charge in [0.15, 0.2) is 0 Å². The number of quaternary nitrogens is 1. The molecule has 0 fully saturated rings. The van der Waals surface area contributed by atoms with E-state index in [1.165, 1.54) is 38.5 Å². The fourth-order valence-electron chi connectivity index (χ4n) is 5.12. The van der Waals surface area contributed by atoms with Gasteiger partial charge in [-0.2, -0.15) is 0 Å². The number of nitrogens with zero attached hydrogens (tertiary/aromatic N) is 1. The maximum absolute atomic E-state index is 12.7. The predicted molar refractivity (Wildman–Crippen MR) is 231 cm³/mol. The molecule has 9 heteroatoms. The minimum absolute atomic E-state index is 0.0116. The van der Waals surface area contributed by atoms with Crippen molar-refractivity contribution in [1.82, 2.24) is 0 Å². The first kappa shape index (κ1) is 52.7. The third-order valence-electron chi connectivity index (χ3n) is 8.43. The van der Waals surface area contributed by atoms with Gasteiger partial charge in [-0.05, 0) is 83.5 Å². The second kappa shape index (κ2) is 38.5. The van der Waals surface area contributed by atoms with Crippen LogP contribution in [-0.2, 0) is 27.9 Å². The molecule has 0 N–H and O–H groups in total.